The van der Waals surface area contributed by atoms with E-state index >= 15 is 0 Å². The van der Waals surface area contributed by atoms with Crippen molar-refractivity contribution in [3.8, 4) is 5.75 Å². The van der Waals surface area contributed by atoms with Gasteiger partial charge in [0.2, 0.25) is 0 Å². The number of halogens is 1. The van der Waals surface area contributed by atoms with Crippen LogP contribution < -0.4 is 0 Å². The van der Waals surface area contributed by atoms with Crippen molar-refractivity contribution >= 4 is 17.6 Å². The van der Waals surface area contributed by atoms with E-state index in [9.17, 15) is 4.79 Å². The molecule has 0 aliphatic heterocycles. The van der Waals surface area contributed by atoms with Gasteiger partial charge in [-0.3, -0.25) is 4.79 Å². The van der Waals surface area contributed by atoms with E-state index in [1.165, 1.54) is 7.11 Å². The van der Waals surface area contributed by atoms with Crippen molar-refractivity contribution in [3.63, 3.8) is 0 Å². The van der Waals surface area contributed by atoms with Crippen molar-refractivity contribution in [3.05, 3.63) is 29.8 Å². The number of benzene rings is 1. The SMILES string of the molecule is COC(=O)C(Cl)Cc1ccc(O)cc1. The van der Waals surface area contributed by atoms with Crippen LogP contribution in [0.3, 0.4) is 0 Å². The Balaban J connectivity index is 2.60. The van der Waals surface area contributed by atoms with Crippen LogP contribution >= 0.6 is 11.6 Å². The molecule has 0 radical (unpaired) electrons. The van der Waals surface area contributed by atoms with Crippen LogP contribution in [-0.2, 0) is 16.0 Å². The first-order chi connectivity index (χ1) is 6.63. The number of aromatic hydroxyl groups is 1. The standard InChI is InChI=1S/C10H11ClO3/c1-14-10(13)9(11)6-7-2-4-8(12)5-3-7/h2-5,9,12H,6H2,1H3. The second-order valence-electron chi connectivity index (χ2n) is 2.86. The van der Waals surface area contributed by atoms with Crippen molar-refractivity contribution in [2.45, 2.75) is 11.8 Å². The molecule has 1 aromatic rings. The second kappa shape index (κ2) is 4.86. The quantitative estimate of drug-likeness (QED) is 0.616. The van der Waals surface area contributed by atoms with Gasteiger partial charge in [0, 0.05) is 0 Å². The summed E-state index contributed by atoms with van der Waals surface area (Å²) in [4.78, 5) is 11.0. The van der Waals surface area contributed by atoms with Crippen LogP contribution in [0.15, 0.2) is 24.3 Å². The van der Waals surface area contributed by atoms with Crippen molar-refractivity contribution in [2.75, 3.05) is 7.11 Å². The van der Waals surface area contributed by atoms with Gasteiger partial charge in [-0.1, -0.05) is 12.1 Å². The first kappa shape index (κ1) is 10.9. The zero-order chi connectivity index (χ0) is 10.6. The van der Waals surface area contributed by atoms with Gasteiger partial charge in [-0.25, -0.2) is 0 Å². The fraction of sp³-hybridized carbons (Fsp3) is 0.300. The molecule has 0 bridgehead atoms. The van der Waals surface area contributed by atoms with Gasteiger partial charge in [-0.15, -0.1) is 11.6 Å². The van der Waals surface area contributed by atoms with Crippen LogP contribution in [0.2, 0.25) is 0 Å². The molecule has 1 N–H and O–H groups in total. The Labute approximate surface area is 87.3 Å². The number of alkyl halides is 1. The van der Waals surface area contributed by atoms with Crippen LogP contribution in [0, 0.1) is 0 Å². The zero-order valence-electron chi connectivity index (χ0n) is 7.74. The van der Waals surface area contributed by atoms with Crippen molar-refractivity contribution in [1.82, 2.24) is 0 Å². The largest absolute Gasteiger partial charge is 0.508 e. The maximum absolute atomic E-state index is 11.0. The molecule has 1 atom stereocenters. The number of carbonyl (C=O) groups excluding carboxylic acids is 1. The molecule has 1 unspecified atom stereocenters. The molecule has 0 spiro atoms. The first-order valence-electron chi connectivity index (χ1n) is 4.13. The minimum atomic E-state index is -0.676. The maximum atomic E-state index is 11.0. The molecule has 0 aromatic heterocycles. The van der Waals surface area contributed by atoms with E-state index in [0.29, 0.717) is 6.42 Å². The highest BCUT2D eigenvalue weighted by atomic mass is 35.5. The van der Waals surface area contributed by atoms with E-state index in [0.717, 1.165) is 5.56 Å². The fourth-order valence-electron chi connectivity index (χ4n) is 1.05. The lowest BCUT2D eigenvalue weighted by atomic mass is 10.1. The summed E-state index contributed by atoms with van der Waals surface area (Å²) in [6, 6.07) is 6.54. The average molecular weight is 215 g/mol. The third-order valence-electron chi connectivity index (χ3n) is 1.81. The molecule has 0 aliphatic carbocycles. The Morgan fingerprint density at radius 3 is 2.57 bits per heavy atom. The highest BCUT2D eigenvalue weighted by Gasteiger charge is 2.15. The summed E-state index contributed by atoms with van der Waals surface area (Å²) in [5.74, 6) is -0.252. The van der Waals surface area contributed by atoms with Gasteiger partial charge < -0.3 is 9.84 Å². The predicted octanol–water partition coefficient (Wildman–Crippen LogP) is 1.72. The summed E-state index contributed by atoms with van der Waals surface area (Å²) in [6.45, 7) is 0. The summed E-state index contributed by atoms with van der Waals surface area (Å²) in [5, 5.41) is 8.35. The number of carbonyl (C=O) groups is 1. The fourth-order valence-corrected chi connectivity index (χ4v) is 1.32. The van der Waals surface area contributed by atoms with Crippen LogP contribution in [0.1, 0.15) is 5.56 Å². The third-order valence-corrected chi connectivity index (χ3v) is 2.14. The van der Waals surface area contributed by atoms with Crippen LogP contribution in [0.4, 0.5) is 0 Å². The Bertz CT molecular complexity index is 308. The van der Waals surface area contributed by atoms with E-state index in [4.69, 9.17) is 16.7 Å². The number of rotatable bonds is 3. The van der Waals surface area contributed by atoms with Gasteiger partial charge >= 0.3 is 5.97 Å². The van der Waals surface area contributed by atoms with Crippen molar-refractivity contribution < 1.29 is 14.6 Å². The molecule has 0 heterocycles. The van der Waals surface area contributed by atoms with Gasteiger partial charge in [0.15, 0.2) is 0 Å². The average Bonchev–Trinajstić information content (AvgIpc) is 2.20. The van der Waals surface area contributed by atoms with Gasteiger partial charge in [0.05, 0.1) is 7.11 Å². The minimum absolute atomic E-state index is 0.193. The first-order valence-corrected chi connectivity index (χ1v) is 4.57. The summed E-state index contributed by atoms with van der Waals surface area (Å²) in [7, 11) is 1.30. The highest BCUT2D eigenvalue weighted by molar-refractivity contribution is 6.30. The van der Waals surface area contributed by atoms with Crippen LogP contribution in [0.5, 0.6) is 5.75 Å². The van der Waals surface area contributed by atoms with Crippen molar-refractivity contribution in [1.29, 1.82) is 0 Å². The summed E-state index contributed by atoms with van der Waals surface area (Å²) in [6.07, 6.45) is 0.397. The normalized spacial score (nSPS) is 12.1. The minimum Gasteiger partial charge on any atom is -0.508 e. The molecule has 0 amide bonds. The smallest absolute Gasteiger partial charge is 0.324 e. The van der Waals surface area contributed by atoms with Crippen LogP contribution in [0.25, 0.3) is 0 Å². The molecule has 3 nitrogen and oxygen atoms in total. The molecule has 1 aromatic carbocycles. The zero-order valence-corrected chi connectivity index (χ0v) is 8.49. The molecule has 0 aliphatic rings. The summed E-state index contributed by atoms with van der Waals surface area (Å²) in [5.41, 5.74) is 0.883. The molecular formula is C10H11ClO3. The maximum Gasteiger partial charge on any atom is 0.324 e. The van der Waals surface area contributed by atoms with Gasteiger partial charge in [0.25, 0.3) is 0 Å². The van der Waals surface area contributed by atoms with Gasteiger partial charge in [-0.05, 0) is 24.1 Å². The lowest BCUT2D eigenvalue weighted by Crippen LogP contribution is -2.18. The second-order valence-corrected chi connectivity index (χ2v) is 3.39. The monoisotopic (exact) mass is 214 g/mol. The molecular weight excluding hydrogens is 204 g/mol. The Morgan fingerprint density at radius 2 is 2.07 bits per heavy atom. The lowest BCUT2D eigenvalue weighted by Gasteiger charge is -2.06. The van der Waals surface area contributed by atoms with E-state index in [-0.39, 0.29) is 5.75 Å². The van der Waals surface area contributed by atoms with E-state index in [2.05, 4.69) is 4.74 Å². The Kier molecular flexibility index (Phi) is 3.77. The van der Waals surface area contributed by atoms with Crippen molar-refractivity contribution in [2.24, 2.45) is 0 Å². The summed E-state index contributed by atoms with van der Waals surface area (Å²) < 4.78 is 4.49. The number of esters is 1. The number of phenols is 1. The lowest BCUT2D eigenvalue weighted by molar-refractivity contribution is -0.140. The number of hydrogen-bond acceptors (Lipinski definition) is 3. The molecule has 0 saturated heterocycles. The number of methoxy groups -OCH3 is 1. The molecule has 0 saturated carbocycles. The summed E-state index contributed by atoms with van der Waals surface area (Å²) >= 11 is 5.77. The predicted molar refractivity (Wildman–Crippen MR) is 53.5 cm³/mol. The molecule has 1 rings (SSSR count). The Morgan fingerprint density at radius 1 is 1.50 bits per heavy atom. The highest BCUT2D eigenvalue weighted by Crippen LogP contribution is 2.13. The topological polar surface area (TPSA) is 46.5 Å². The number of phenolic OH excluding ortho intramolecular Hbond substituents is 1. The number of hydrogen-bond donors (Lipinski definition) is 1. The molecule has 4 heteroatoms. The van der Waals surface area contributed by atoms with E-state index in [1.807, 2.05) is 0 Å². The molecule has 76 valence electrons. The van der Waals surface area contributed by atoms with Gasteiger partial charge in [0.1, 0.15) is 11.1 Å². The Hall–Kier alpha value is -1.22. The molecule has 0 fully saturated rings. The van der Waals surface area contributed by atoms with E-state index in [1.54, 1.807) is 24.3 Å². The van der Waals surface area contributed by atoms with E-state index < -0.39 is 11.3 Å². The number of ether oxygens (including phenoxy) is 1. The molecule has 14 heavy (non-hydrogen) atoms. The third kappa shape index (κ3) is 2.92. The van der Waals surface area contributed by atoms with Crippen LogP contribution in [-0.4, -0.2) is 23.6 Å². The van der Waals surface area contributed by atoms with Gasteiger partial charge in [-0.2, -0.15) is 0 Å².